The summed E-state index contributed by atoms with van der Waals surface area (Å²) in [5.41, 5.74) is 0. The van der Waals surface area contributed by atoms with E-state index in [1.165, 1.54) is 103 Å². The molecule has 0 aliphatic heterocycles. The van der Waals surface area contributed by atoms with Crippen LogP contribution >= 0.6 is 0 Å². The lowest BCUT2D eigenvalue weighted by atomic mass is 10.0. The molecule has 2 nitrogen and oxygen atoms in total. The van der Waals surface area contributed by atoms with Gasteiger partial charge in [0.25, 0.3) is 0 Å². The number of unbranched alkanes of at least 4 members (excludes halogenated alkanes) is 18. The van der Waals surface area contributed by atoms with Crippen molar-refractivity contribution in [3.8, 4) is 0 Å². The Bertz CT molecular complexity index is 348. The number of hydrogen-bond donors (Lipinski definition) is 0. The second-order valence-electron chi connectivity index (χ2n) is 8.71. The van der Waals surface area contributed by atoms with Crippen molar-refractivity contribution in [2.24, 2.45) is 0 Å². The molecule has 0 radical (unpaired) electrons. The zero-order valence-corrected chi connectivity index (χ0v) is 19.4. The van der Waals surface area contributed by atoms with Gasteiger partial charge in [-0.3, -0.25) is 9.59 Å². The molecule has 0 spiro atoms. The lowest BCUT2D eigenvalue weighted by Gasteiger charge is -2.04. The van der Waals surface area contributed by atoms with Crippen molar-refractivity contribution in [1.82, 2.24) is 0 Å². The van der Waals surface area contributed by atoms with Gasteiger partial charge in [-0.2, -0.15) is 0 Å². The molecule has 0 amide bonds. The van der Waals surface area contributed by atoms with Gasteiger partial charge in [0, 0.05) is 12.8 Å². The minimum Gasteiger partial charge on any atom is -0.291 e. The number of ketones is 2. The van der Waals surface area contributed by atoms with Crippen LogP contribution in [-0.4, -0.2) is 11.6 Å². The van der Waals surface area contributed by atoms with Gasteiger partial charge in [-0.15, -0.1) is 0 Å². The Morgan fingerprint density at radius 3 is 0.821 bits per heavy atom. The third kappa shape index (κ3) is 20.1. The van der Waals surface area contributed by atoms with Crippen molar-refractivity contribution >= 4 is 11.6 Å². The fourth-order valence-electron chi connectivity index (χ4n) is 3.82. The van der Waals surface area contributed by atoms with E-state index in [2.05, 4.69) is 13.8 Å². The molecule has 28 heavy (non-hydrogen) atoms. The summed E-state index contributed by atoms with van der Waals surface area (Å²) in [4.78, 5) is 23.7. The van der Waals surface area contributed by atoms with Crippen LogP contribution in [0, 0.1) is 0 Å². The second-order valence-corrected chi connectivity index (χ2v) is 8.71. The largest absolute Gasteiger partial charge is 0.291 e. The van der Waals surface area contributed by atoms with E-state index in [4.69, 9.17) is 0 Å². The Kier molecular flexibility index (Phi) is 22.1. The van der Waals surface area contributed by atoms with Crippen LogP contribution in [0.2, 0.25) is 0 Å². The van der Waals surface area contributed by atoms with E-state index in [9.17, 15) is 9.59 Å². The average molecular weight is 395 g/mol. The average Bonchev–Trinajstić information content (AvgIpc) is 2.70. The Morgan fingerprint density at radius 2 is 0.571 bits per heavy atom. The molecule has 0 fully saturated rings. The van der Waals surface area contributed by atoms with Crippen LogP contribution in [0.4, 0.5) is 0 Å². The first kappa shape index (κ1) is 27.3. The summed E-state index contributed by atoms with van der Waals surface area (Å²) in [6.07, 6.45) is 26.5. The summed E-state index contributed by atoms with van der Waals surface area (Å²) in [7, 11) is 0. The standard InChI is InChI=1S/C26H50O2/c1-3-5-7-9-10-11-12-13-14-15-16-17-18-20-22-24-26(28)25(27)23-21-19-8-6-4-2/h3-24H2,1-2H3. The van der Waals surface area contributed by atoms with Crippen LogP contribution in [0.15, 0.2) is 0 Å². The van der Waals surface area contributed by atoms with Crippen molar-refractivity contribution < 1.29 is 9.59 Å². The minimum absolute atomic E-state index is 0.120. The van der Waals surface area contributed by atoms with E-state index in [1.807, 2.05) is 0 Å². The molecule has 2 heteroatoms. The quantitative estimate of drug-likeness (QED) is 0.128. The summed E-state index contributed by atoms with van der Waals surface area (Å²) < 4.78 is 0. The SMILES string of the molecule is CCCCCCCCCCCCCCCCCC(=O)C(=O)CCCCCCC. The number of rotatable bonds is 23. The number of hydrogen-bond acceptors (Lipinski definition) is 2. The summed E-state index contributed by atoms with van der Waals surface area (Å²) in [6.45, 7) is 4.46. The topological polar surface area (TPSA) is 34.1 Å². The lowest BCUT2D eigenvalue weighted by Crippen LogP contribution is -2.13. The highest BCUT2D eigenvalue weighted by Gasteiger charge is 2.12. The Labute approximate surface area is 176 Å². The van der Waals surface area contributed by atoms with Gasteiger partial charge in [0.15, 0.2) is 11.6 Å². The van der Waals surface area contributed by atoms with Gasteiger partial charge in [-0.05, 0) is 12.8 Å². The van der Waals surface area contributed by atoms with Crippen molar-refractivity contribution in [1.29, 1.82) is 0 Å². The van der Waals surface area contributed by atoms with Crippen LogP contribution in [0.3, 0.4) is 0 Å². The summed E-state index contributed by atoms with van der Waals surface area (Å²) in [5, 5.41) is 0. The van der Waals surface area contributed by atoms with E-state index >= 15 is 0 Å². The molecule has 0 aliphatic rings. The van der Waals surface area contributed by atoms with Gasteiger partial charge in [-0.1, -0.05) is 129 Å². The number of carbonyl (C=O) groups is 2. The fraction of sp³-hybridized carbons (Fsp3) is 0.923. The zero-order valence-electron chi connectivity index (χ0n) is 19.4. The first-order chi connectivity index (χ1) is 13.7. The second kappa shape index (κ2) is 22.6. The fourth-order valence-corrected chi connectivity index (χ4v) is 3.82. The minimum atomic E-state index is -0.123. The molecule has 0 atom stereocenters. The van der Waals surface area contributed by atoms with E-state index in [1.54, 1.807) is 0 Å². The molecule has 166 valence electrons. The van der Waals surface area contributed by atoms with E-state index < -0.39 is 0 Å². The molecule has 0 bridgehead atoms. The maximum absolute atomic E-state index is 11.8. The van der Waals surface area contributed by atoms with Crippen molar-refractivity contribution in [3.05, 3.63) is 0 Å². The highest BCUT2D eigenvalue weighted by molar-refractivity contribution is 6.37. The molecule has 0 aliphatic carbocycles. The molecule has 0 heterocycles. The predicted octanol–water partition coefficient (Wildman–Crippen LogP) is 8.75. The molecule has 0 unspecified atom stereocenters. The van der Waals surface area contributed by atoms with Gasteiger partial charge >= 0.3 is 0 Å². The lowest BCUT2D eigenvalue weighted by molar-refractivity contribution is -0.136. The molecule has 0 aromatic carbocycles. The Morgan fingerprint density at radius 1 is 0.357 bits per heavy atom. The molecular formula is C26H50O2. The van der Waals surface area contributed by atoms with Gasteiger partial charge < -0.3 is 0 Å². The highest BCUT2D eigenvalue weighted by Crippen LogP contribution is 2.14. The Balaban J connectivity index is 3.25. The first-order valence-electron chi connectivity index (χ1n) is 12.8. The van der Waals surface area contributed by atoms with Crippen molar-refractivity contribution in [2.45, 2.75) is 155 Å². The van der Waals surface area contributed by atoms with E-state index in [-0.39, 0.29) is 11.6 Å². The molecule has 0 aromatic heterocycles. The molecule has 0 rings (SSSR count). The Hall–Kier alpha value is -0.660. The highest BCUT2D eigenvalue weighted by atomic mass is 16.2. The molecule has 0 aromatic rings. The van der Waals surface area contributed by atoms with Gasteiger partial charge in [0.05, 0.1) is 0 Å². The molecular weight excluding hydrogens is 344 g/mol. The van der Waals surface area contributed by atoms with Crippen LogP contribution in [-0.2, 0) is 9.59 Å². The number of Topliss-reactive ketones (excluding diaryl/α,β-unsaturated/α-hetero) is 2. The monoisotopic (exact) mass is 394 g/mol. The predicted molar refractivity (Wildman–Crippen MR) is 123 cm³/mol. The summed E-state index contributed by atoms with van der Waals surface area (Å²) in [6, 6.07) is 0. The maximum Gasteiger partial charge on any atom is 0.198 e. The van der Waals surface area contributed by atoms with Crippen LogP contribution in [0.1, 0.15) is 155 Å². The molecule has 0 saturated carbocycles. The summed E-state index contributed by atoms with van der Waals surface area (Å²) in [5.74, 6) is -0.243. The van der Waals surface area contributed by atoms with Crippen molar-refractivity contribution in [3.63, 3.8) is 0 Å². The van der Waals surface area contributed by atoms with Crippen molar-refractivity contribution in [2.75, 3.05) is 0 Å². The third-order valence-electron chi connectivity index (χ3n) is 5.83. The molecule has 0 saturated heterocycles. The zero-order chi connectivity index (χ0) is 20.7. The van der Waals surface area contributed by atoms with Gasteiger partial charge in [0.2, 0.25) is 0 Å². The molecule has 0 N–H and O–H groups in total. The third-order valence-corrected chi connectivity index (χ3v) is 5.83. The number of carbonyl (C=O) groups excluding carboxylic acids is 2. The van der Waals surface area contributed by atoms with Gasteiger partial charge in [0.1, 0.15) is 0 Å². The van der Waals surface area contributed by atoms with E-state index in [0.29, 0.717) is 12.8 Å². The van der Waals surface area contributed by atoms with E-state index in [0.717, 1.165) is 25.7 Å². The first-order valence-corrected chi connectivity index (χ1v) is 12.8. The van der Waals surface area contributed by atoms with Gasteiger partial charge in [-0.25, -0.2) is 0 Å². The summed E-state index contributed by atoms with van der Waals surface area (Å²) >= 11 is 0. The maximum atomic E-state index is 11.8. The smallest absolute Gasteiger partial charge is 0.198 e. The van der Waals surface area contributed by atoms with Crippen LogP contribution in [0.5, 0.6) is 0 Å². The normalized spacial score (nSPS) is 11.1. The van der Waals surface area contributed by atoms with Crippen LogP contribution < -0.4 is 0 Å². The van der Waals surface area contributed by atoms with Crippen LogP contribution in [0.25, 0.3) is 0 Å².